The number of quaternary nitrogens is 1. The van der Waals surface area contributed by atoms with Crippen LogP contribution in [-0.2, 0) is 13.5 Å². The second-order valence-corrected chi connectivity index (χ2v) is 4.29. The van der Waals surface area contributed by atoms with E-state index >= 15 is 0 Å². The number of aromatic nitrogens is 2. The molecule has 1 aromatic heterocycles. The van der Waals surface area contributed by atoms with Crippen molar-refractivity contribution in [1.29, 1.82) is 0 Å². The molecule has 1 rings (SSSR count). The van der Waals surface area contributed by atoms with Crippen molar-refractivity contribution < 1.29 is 4.48 Å². The third-order valence-electron chi connectivity index (χ3n) is 1.83. The van der Waals surface area contributed by atoms with E-state index in [0.29, 0.717) is 0 Å². The summed E-state index contributed by atoms with van der Waals surface area (Å²) in [5.74, 6) is 0. The van der Waals surface area contributed by atoms with Gasteiger partial charge in [-0.3, -0.25) is 4.68 Å². The number of hydrogen-bond acceptors (Lipinski definition) is 1. The largest absolute Gasteiger partial charge is 0.331 e. The van der Waals surface area contributed by atoms with E-state index < -0.39 is 0 Å². The van der Waals surface area contributed by atoms with Crippen LogP contribution in [0, 0.1) is 0 Å². The van der Waals surface area contributed by atoms with Crippen molar-refractivity contribution >= 4 is 0 Å². The standard InChI is InChI=1S/C9H18N3/c1-11-8-9(7-10-11)5-6-12(2,3)4/h7-8H,5-6H2,1-4H3/q+1. The summed E-state index contributed by atoms with van der Waals surface area (Å²) in [4.78, 5) is 0. The second-order valence-electron chi connectivity index (χ2n) is 4.29. The minimum Gasteiger partial charge on any atom is -0.331 e. The zero-order chi connectivity index (χ0) is 9.19. The van der Waals surface area contributed by atoms with Gasteiger partial charge in [-0.1, -0.05) is 0 Å². The van der Waals surface area contributed by atoms with Crippen molar-refractivity contribution in [3.8, 4) is 0 Å². The van der Waals surface area contributed by atoms with Crippen molar-refractivity contribution in [2.75, 3.05) is 27.7 Å². The van der Waals surface area contributed by atoms with E-state index in [1.807, 2.05) is 17.9 Å². The van der Waals surface area contributed by atoms with Crippen molar-refractivity contribution in [1.82, 2.24) is 9.78 Å². The lowest BCUT2D eigenvalue weighted by Crippen LogP contribution is -2.36. The fraction of sp³-hybridized carbons (Fsp3) is 0.667. The first kappa shape index (κ1) is 9.26. The van der Waals surface area contributed by atoms with Gasteiger partial charge < -0.3 is 4.48 Å². The van der Waals surface area contributed by atoms with Crippen LogP contribution in [0.4, 0.5) is 0 Å². The van der Waals surface area contributed by atoms with Crippen molar-refractivity contribution in [3.05, 3.63) is 18.0 Å². The highest BCUT2D eigenvalue weighted by Crippen LogP contribution is 2.00. The Morgan fingerprint density at radius 1 is 1.42 bits per heavy atom. The Hall–Kier alpha value is -0.830. The molecule has 1 heterocycles. The predicted molar refractivity (Wildman–Crippen MR) is 49.8 cm³/mol. The topological polar surface area (TPSA) is 17.8 Å². The van der Waals surface area contributed by atoms with Gasteiger partial charge >= 0.3 is 0 Å². The minimum absolute atomic E-state index is 1.01. The lowest BCUT2D eigenvalue weighted by atomic mass is 10.2. The first-order valence-electron chi connectivity index (χ1n) is 4.25. The highest BCUT2D eigenvalue weighted by Gasteiger charge is 2.07. The molecule has 3 nitrogen and oxygen atoms in total. The molecule has 0 bridgehead atoms. The van der Waals surface area contributed by atoms with Crippen LogP contribution in [-0.4, -0.2) is 42.0 Å². The molecule has 12 heavy (non-hydrogen) atoms. The van der Waals surface area contributed by atoms with E-state index in [1.165, 1.54) is 5.56 Å². The summed E-state index contributed by atoms with van der Waals surface area (Å²) in [5.41, 5.74) is 1.32. The normalized spacial score (nSPS) is 12.0. The predicted octanol–water partition coefficient (Wildman–Crippen LogP) is 0.669. The second kappa shape index (κ2) is 3.27. The molecule has 0 aromatic carbocycles. The van der Waals surface area contributed by atoms with Crippen LogP contribution >= 0.6 is 0 Å². The van der Waals surface area contributed by atoms with Crippen LogP contribution in [0.1, 0.15) is 5.56 Å². The fourth-order valence-electron chi connectivity index (χ4n) is 1.07. The van der Waals surface area contributed by atoms with E-state index in [4.69, 9.17) is 0 Å². The molecule has 0 unspecified atom stereocenters. The Balaban J connectivity index is 2.44. The summed E-state index contributed by atoms with van der Waals surface area (Å²) >= 11 is 0. The van der Waals surface area contributed by atoms with E-state index in [9.17, 15) is 0 Å². The number of hydrogen-bond donors (Lipinski definition) is 0. The zero-order valence-electron chi connectivity index (χ0n) is 8.41. The summed E-state index contributed by atoms with van der Waals surface area (Å²) in [6.45, 7) is 1.16. The third kappa shape index (κ3) is 3.05. The Kier molecular flexibility index (Phi) is 2.52. The molecule has 0 amide bonds. The van der Waals surface area contributed by atoms with E-state index in [1.54, 1.807) is 0 Å². The molecule has 0 spiro atoms. The summed E-state index contributed by atoms with van der Waals surface area (Å²) in [6, 6.07) is 0. The molecule has 0 atom stereocenters. The van der Waals surface area contributed by atoms with Gasteiger partial charge in [-0.05, 0) is 5.56 Å². The lowest BCUT2D eigenvalue weighted by molar-refractivity contribution is -0.870. The lowest BCUT2D eigenvalue weighted by Gasteiger charge is -2.23. The molecule has 0 radical (unpaired) electrons. The molecule has 0 aliphatic heterocycles. The van der Waals surface area contributed by atoms with Crippen LogP contribution in [0.25, 0.3) is 0 Å². The molecule has 3 heteroatoms. The van der Waals surface area contributed by atoms with Crippen LogP contribution in [0.15, 0.2) is 12.4 Å². The van der Waals surface area contributed by atoms with Gasteiger partial charge in [0.25, 0.3) is 0 Å². The fourth-order valence-corrected chi connectivity index (χ4v) is 1.07. The maximum atomic E-state index is 4.13. The van der Waals surface area contributed by atoms with Gasteiger partial charge in [0.15, 0.2) is 0 Å². The van der Waals surface area contributed by atoms with Gasteiger partial charge in [-0.15, -0.1) is 0 Å². The summed E-state index contributed by atoms with van der Waals surface area (Å²) < 4.78 is 2.86. The van der Waals surface area contributed by atoms with Gasteiger partial charge in [0.1, 0.15) is 0 Å². The molecular formula is C9H18N3+. The average Bonchev–Trinajstić information content (AvgIpc) is 2.30. The van der Waals surface area contributed by atoms with Crippen LogP contribution in [0.5, 0.6) is 0 Å². The molecular weight excluding hydrogens is 150 g/mol. The van der Waals surface area contributed by atoms with Crippen molar-refractivity contribution in [2.45, 2.75) is 6.42 Å². The quantitative estimate of drug-likeness (QED) is 0.607. The highest BCUT2D eigenvalue weighted by molar-refractivity contribution is 5.03. The van der Waals surface area contributed by atoms with E-state index in [2.05, 4.69) is 32.4 Å². The third-order valence-corrected chi connectivity index (χ3v) is 1.83. The Morgan fingerprint density at radius 3 is 2.50 bits per heavy atom. The van der Waals surface area contributed by atoms with Crippen molar-refractivity contribution in [3.63, 3.8) is 0 Å². The molecule has 1 aromatic rings. The summed E-state index contributed by atoms with van der Waals surface area (Å²) in [7, 11) is 8.57. The monoisotopic (exact) mass is 168 g/mol. The van der Waals surface area contributed by atoms with Gasteiger partial charge in [0.05, 0.1) is 33.9 Å². The van der Waals surface area contributed by atoms with Gasteiger partial charge in [0.2, 0.25) is 0 Å². The molecule has 0 aliphatic rings. The number of nitrogens with zero attached hydrogens (tertiary/aromatic N) is 3. The van der Waals surface area contributed by atoms with E-state index in [-0.39, 0.29) is 0 Å². The first-order valence-corrected chi connectivity index (χ1v) is 4.25. The highest BCUT2D eigenvalue weighted by atomic mass is 15.3. The molecule has 0 aliphatic carbocycles. The average molecular weight is 168 g/mol. The molecule has 0 fully saturated rings. The summed E-state index contributed by atoms with van der Waals surface area (Å²) in [6.07, 6.45) is 5.13. The zero-order valence-corrected chi connectivity index (χ0v) is 8.41. The SMILES string of the molecule is Cn1cc(CC[N+](C)(C)C)cn1. The van der Waals surface area contributed by atoms with Crippen LogP contribution in [0.3, 0.4) is 0 Å². The van der Waals surface area contributed by atoms with Crippen molar-refractivity contribution in [2.24, 2.45) is 7.05 Å². The molecule has 0 saturated heterocycles. The Morgan fingerprint density at radius 2 is 2.08 bits per heavy atom. The maximum Gasteiger partial charge on any atom is 0.0822 e. The summed E-state index contributed by atoms with van der Waals surface area (Å²) in [5, 5.41) is 4.13. The Labute approximate surface area is 74.2 Å². The van der Waals surface area contributed by atoms with Gasteiger partial charge in [0, 0.05) is 19.7 Å². The maximum absolute atomic E-state index is 4.13. The smallest absolute Gasteiger partial charge is 0.0822 e. The number of aryl methyl sites for hydroxylation is 1. The van der Waals surface area contributed by atoms with Gasteiger partial charge in [-0.25, -0.2) is 0 Å². The first-order chi connectivity index (χ1) is 5.47. The van der Waals surface area contributed by atoms with Gasteiger partial charge in [-0.2, -0.15) is 5.10 Å². The molecule has 0 N–H and O–H groups in total. The molecule has 68 valence electrons. The van der Waals surface area contributed by atoms with Crippen LogP contribution < -0.4 is 0 Å². The number of rotatable bonds is 3. The Bertz CT molecular complexity index is 245. The molecule has 0 saturated carbocycles. The van der Waals surface area contributed by atoms with E-state index in [0.717, 1.165) is 17.4 Å². The minimum atomic E-state index is 1.01. The van der Waals surface area contributed by atoms with Crippen LogP contribution in [0.2, 0.25) is 0 Å². The number of likely N-dealkylation sites (N-methyl/N-ethyl adjacent to an activating group) is 1.